The third-order valence-electron chi connectivity index (χ3n) is 3.99. The highest BCUT2D eigenvalue weighted by Crippen LogP contribution is 2.27. The summed E-state index contributed by atoms with van der Waals surface area (Å²) in [6.07, 6.45) is 0.324. The molecule has 0 radical (unpaired) electrons. The molecule has 0 aliphatic carbocycles. The first kappa shape index (κ1) is 17.1. The zero-order valence-electron chi connectivity index (χ0n) is 13.5. The van der Waals surface area contributed by atoms with Crippen molar-refractivity contribution in [2.75, 3.05) is 25.5 Å². The van der Waals surface area contributed by atoms with Crippen molar-refractivity contribution in [3.8, 4) is 5.75 Å². The number of ether oxygens (including phenoxy) is 2. The number of methoxy groups -OCH3 is 1. The molecular formula is C16H24ClN2O3+. The Morgan fingerprint density at radius 3 is 2.64 bits per heavy atom. The number of anilines is 1. The standard InChI is InChI=1S/C16H23ClN2O3/c1-10-8-19(9-11(2)22-10)12(3)16(20)18-14-7-13(17)5-6-15(14)21-4/h5-7,10-12H,8-9H2,1-4H3,(H,18,20)/p+1/t10-,11-,12-/m0/s1. The Labute approximate surface area is 136 Å². The number of carbonyl (C=O) groups excluding carboxylic acids is 1. The van der Waals surface area contributed by atoms with Gasteiger partial charge in [-0.25, -0.2) is 0 Å². The molecule has 1 fully saturated rings. The van der Waals surface area contributed by atoms with Crippen molar-refractivity contribution in [3.05, 3.63) is 23.2 Å². The van der Waals surface area contributed by atoms with E-state index in [2.05, 4.69) is 5.32 Å². The first-order valence-electron chi connectivity index (χ1n) is 7.55. The zero-order chi connectivity index (χ0) is 16.3. The fraction of sp³-hybridized carbons (Fsp3) is 0.562. The van der Waals surface area contributed by atoms with E-state index in [0.29, 0.717) is 16.5 Å². The van der Waals surface area contributed by atoms with Gasteiger partial charge in [0.05, 0.1) is 12.8 Å². The number of rotatable bonds is 4. The van der Waals surface area contributed by atoms with Gasteiger partial charge in [-0.05, 0) is 39.0 Å². The Balaban J connectivity index is 2.07. The van der Waals surface area contributed by atoms with Gasteiger partial charge in [0.25, 0.3) is 5.91 Å². The van der Waals surface area contributed by atoms with Crippen molar-refractivity contribution in [3.63, 3.8) is 0 Å². The van der Waals surface area contributed by atoms with E-state index in [-0.39, 0.29) is 24.2 Å². The Morgan fingerprint density at radius 1 is 1.41 bits per heavy atom. The molecule has 1 aliphatic rings. The molecule has 6 heteroatoms. The summed E-state index contributed by atoms with van der Waals surface area (Å²) in [4.78, 5) is 13.8. The molecule has 1 amide bonds. The van der Waals surface area contributed by atoms with Crippen molar-refractivity contribution in [1.82, 2.24) is 0 Å². The number of amides is 1. The number of nitrogens with one attached hydrogen (secondary N) is 2. The Hall–Kier alpha value is -1.30. The predicted octanol–water partition coefficient (Wildman–Crippen LogP) is 1.37. The van der Waals surface area contributed by atoms with E-state index < -0.39 is 0 Å². The molecule has 0 bridgehead atoms. The summed E-state index contributed by atoms with van der Waals surface area (Å²) in [7, 11) is 1.57. The van der Waals surface area contributed by atoms with Gasteiger partial charge in [-0.3, -0.25) is 4.79 Å². The summed E-state index contributed by atoms with van der Waals surface area (Å²) >= 11 is 6.00. The van der Waals surface area contributed by atoms with Gasteiger partial charge in [0, 0.05) is 5.02 Å². The van der Waals surface area contributed by atoms with Crippen molar-refractivity contribution in [2.45, 2.75) is 39.0 Å². The lowest BCUT2D eigenvalue weighted by molar-refractivity contribution is -0.928. The van der Waals surface area contributed by atoms with E-state index in [1.807, 2.05) is 20.8 Å². The summed E-state index contributed by atoms with van der Waals surface area (Å²) in [6.45, 7) is 7.67. The molecule has 1 aromatic rings. The topological polar surface area (TPSA) is 52.0 Å². The minimum absolute atomic E-state index is 0.0446. The van der Waals surface area contributed by atoms with Gasteiger partial charge in [0.1, 0.15) is 31.0 Å². The van der Waals surface area contributed by atoms with Crippen LogP contribution in [0.3, 0.4) is 0 Å². The number of carbonyl (C=O) groups is 1. The minimum atomic E-state index is -0.169. The number of quaternary nitrogens is 1. The number of morpholine rings is 1. The second kappa shape index (κ2) is 7.31. The molecule has 1 saturated heterocycles. The molecule has 0 saturated carbocycles. The van der Waals surface area contributed by atoms with Crippen LogP contribution in [0.25, 0.3) is 0 Å². The normalized spacial score (nSPS) is 26.3. The molecule has 2 N–H and O–H groups in total. The minimum Gasteiger partial charge on any atom is -0.495 e. The SMILES string of the molecule is COc1ccc(Cl)cc1NC(=O)[C@H](C)[NH+]1C[C@H](C)O[C@@H](C)C1. The Bertz CT molecular complexity index is 528. The molecule has 0 spiro atoms. The second-order valence-corrected chi connectivity index (χ2v) is 6.32. The molecule has 1 aromatic carbocycles. The second-order valence-electron chi connectivity index (χ2n) is 5.88. The summed E-state index contributed by atoms with van der Waals surface area (Å²) in [6, 6.07) is 5.01. The molecule has 0 aromatic heterocycles. The average molecular weight is 328 g/mol. The van der Waals surface area contributed by atoms with Crippen LogP contribution in [0.15, 0.2) is 18.2 Å². The molecule has 2 rings (SSSR count). The summed E-state index contributed by atoms with van der Waals surface area (Å²) in [5.41, 5.74) is 0.598. The number of halogens is 1. The highest BCUT2D eigenvalue weighted by atomic mass is 35.5. The van der Waals surface area contributed by atoms with Crippen LogP contribution in [0.4, 0.5) is 5.69 Å². The number of hydrogen-bond acceptors (Lipinski definition) is 3. The van der Waals surface area contributed by atoms with Crippen molar-refractivity contribution >= 4 is 23.2 Å². The third kappa shape index (κ3) is 4.12. The van der Waals surface area contributed by atoms with Crippen molar-refractivity contribution < 1.29 is 19.2 Å². The van der Waals surface area contributed by atoms with Gasteiger partial charge in [-0.1, -0.05) is 11.6 Å². The number of hydrogen-bond donors (Lipinski definition) is 2. The van der Waals surface area contributed by atoms with Crippen LogP contribution in [0, 0.1) is 0 Å². The molecule has 122 valence electrons. The maximum absolute atomic E-state index is 12.5. The van der Waals surface area contributed by atoms with E-state index in [4.69, 9.17) is 21.1 Å². The first-order valence-corrected chi connectivity index (χ1v) is 7.93. The van der Waals surface area contributed by atoms with E-state index in [9.17, 15) is 4.79 Å². The lowest BCUT2D eigenvalue weighted by atomic mass is 10.1. The van der Waals surface area contributed by atoms with Crippen LogP contribution in [0.2, 0.25) is 5.02 Å². The quantitative estimate of drug-likeness (QED) is 0.878. The summed E-state index contributed by atoms with van der Waals surface area (Å²) in [5, 5.41) is 3.48. The Kier molecular flexibility index (Phi) is 5.67. The zero-order valence-corrected chi connectivity index (χ0v) is 14.2. The van der Waals surface area contributed by atoms with Gasteiger partial charge >= 0.3 is 0 Å². The van der Waals surface area contributed by atoms with E-state index in [1.54, 1.807) is 25.3 Å². The molecule has 0 unspecified atom stereocenters. The van der Waals surface area contributed by atoms with Gasteiger partial charge in [-0.15, -0.1) is 0 Å². The summed E-state index contributed by atoms with van der Waals surface area (Å²) < 4.78 is 11.0. The molecular weight excluding hydrogens is 304 g/mol. The third-order valence-corrected chi connectivity index (χ3v) is 4.22. The van der Waals surface area contributed by atoms with Gasteiger partial charge in [0.2, 0.25) is 0 Å². The van der Waals surface area contributed by atoms with Crippen molar-refractivity contribution in [1.29, 1.82) is 0 Å². The maximum Gasteiger partial charge on any atom is 0.282 e. The van der Waals surface area contributed by atoms with Crippen LogP contribution in [0.5, 0.6) is 5.75 Å². The van der Waals surface area contributed by atoms with E-state index in [0.717, 1.165) is 13.1 Å². The first-order chi connectivity index (χ1) is 10.4. The van der Waals surface area contributed by atoms with E-state index in [1.165, 1.54) is 4.90 Å². The lowest BCUT2D eigenvalue weighted by Gasteiger charge is -2.35. The van der Waals surface area contributed by atoms with Gasteiger partial charge < -0.3 is 19.7 Å². The number of benzene rings is 1. The predicted molar refractivity (Wildman–Crippen MR) is 86.8 cm³/mol. The smallest absolute Gasteiger partial charge is 0.282 e. The molecule has 1 heterocycles. The van der Waals surface area contributed by atoms with Crippen LogP contribution >= 0.6 is 11.6 Å². The summed E-state index contributed by atoms with van der Waals surface area (Å²) in [5.74, 6) is 0.556. The van der Waals surface area contributed by atoms with Gasteiger partial charge in [0.15, 0.2) is 6.04 Å². The van der Waals surface area contributed by atoms with Crippen LogP contribution in [0.1, 0.15) is 20.8 Å². The fourth-order valence-corrected chi connectivity index (χ4v) is 3.04. The Morgan fingerprint density at radius 2 is 2.05 bits per heavy atom. The molecule has 22 heavy (non-hydrogen) atoms. The monoisotopic (exact) mass is 327 g/mol. The van der Waals surface area contributed by atoms with Gasteiger partial charge in [-0.2, -0.15) is 0 Å². The fourth-order valence-electron chi connectivity index (χ4n) is 2.87. The molecule has 3 atom stereocenters. The van der Waals surface area contributed by atoms with Crippen LogP contribution < -0.4 is 15.0 Å². The van der Waals surface area contributed by atoms with E-state index >= 15 is 0 Å². The molecule has 5 nitrogen and oxygen atoms in total. The average Bonchev–Trinajstić information content (AvgIpc) is 2.45. The van der Waals surface area contributed by atoms with Crippen LogP contribution in [-0.2, 0) is 9.53 Å². The van der Waals surface area contributed by atoms with Crippen molar-refractivity contribution in [2.24, 2.45) is 0 Å². The highest BCUT2D eigenvalue weighted by Gasteiger charge is 2.33. The maximum atomic E-state index is 12.5. The lowest BCUT2D eigenvalue weighted by Crippen LogP contribution is -3.19. The largest absolute Gasteiger partial charge is 0.495 e. The molecule has 1 aliphatic heterocycles. The highest BCUT2D eigenvalue weighted by molar-refractivity contribution is 6.31. The van der Waals surface area contributed by atoms with Crippen LogP contribution in [-0.4, -0.2) is 44.4 Å².